The highest BCUT2D eigenvalue weighted by Gasteiger charge is 2.38. The highest BCUT2D eigenvalue weighted by Crippen LogP contribution is 2.26. The van der Waals surface area contributed by atoms with Gasteiger partial charge in [0.05, 0.1) is 6.54 Å². The molecule has 0 aromatic heterocycles. The maximum Gasteiger partial charge on any atom is 0.250 e. The van der Waals surface area contributed by atoms with Gasteiger partial charge in [0, 0.05) is 18.7 Å². The van der Waals surface area contributed by atoms with Gasteiger partial charge in [-0.05, 0) is 29.7 Å². The van der Waals surface area contributed by atoms with Crippen molar-refractivity contribution in [3.63, 3.8) is 0 Å². The fourth-order valence-electron chi connectivity index (χ4n) is 3.82. The van der Waals surface area contributed by atoms with E-state index in [1.165, 1.54) is 0 Å². The number of carbonyl (C=O) groups excluding carboxylic acids is 2. The molecule has 4 nitrogen and oxygen atoms in total. The molecule has 0 bridgehead atoms. The van der Waals surface area contributed by atoms with E-state index in [-0.39, 0.29) is 11.8 Å². The molecule has 0 saturated carbocycles. The van der Waals surface area contributed by atoms with Crippen LogP contribution in [0.3, 0.4) is 0 Å². The highest BCUT2D eigenvalue weighted by molar-refractivity contribution is 6.00. The normalized spacial score (nSPS) is 16.1. The summed E-state index contributed by atoms with van der Waals surface area (Å²) in [6, 6.07) is 29.1. The standard InChI is InChI=1S/C25H24N2O2/c28-24-17-16-23(27(24)19-21-12-6-2-7-13-21)25(29)26(22-14-8-3-9-15-22)18-20-10-4-1-5-11-20/h1-15,23H,16-19H2. The Morgan fingerprint density at radius 2 is 1.38 bits per heavy atom. The van der Waals surface area contributed by atoms with Gasteiger partial charge in [-0.25, -0.2) is 0 Å². The Balaban J connectivity index is 1.61. The Hall–Kier alpha value is -3.40. The zero-order valence-corrected chi connectivity index (χ0v) is 16.3. The molecular weight excluding hydrogens is 360 g/mol. The SMILES string of the molecule is O=C(C1CCC(=O)N1Cc1ccccc1)N(Cc1ccccc1)c1ccccc1. The van der Waals surface area contributed by atoms with Crippen molar-refractivity contribution in [3.05, 3.63) is 102 Å². The van der Waals surface area contributed by atoms with Crippen molar-refractivity contribution in [2.75, 3.05) is 4.90 Å². The highest BCUT2D eigenvalue weighted by atomic mass is 16.2. The number of hydrogen-bond acceptors (Lipinski definition) is 2. The summed E-state index contributed by atoms with van der Waals surface area (Å²) in [5, 5.41) is 0. The monoisotopic (exact) mass is 384 g/mol. The Kier molecular flexibility index (Phi) is 5.71. The molecule has 0 aliphatic carbocycles. The minimum Gasteiger partial charge on any atom is -0.326 e. The molecule has 29 heavy (non-hydrogen) atoms. The van der Waals surface area contributed by atoms with Gasteiger partial charge in [0.25, 0.3) is 0 Å². The fourth-order valence-corrected chi connectivity index (χ4v) is 3.82. The van der Waals surface area contributed by atoms with Crippen LogP contribution in [0.2, 0.25) is 0 Å². The van der Waals surface area contributed by atoms with Crippen LogP contribution in [0.1, 0.15) is 24.0 Å². The van der Waals surface area contributed by atoms with Gasteiger partial charge in [0.15, 0.2) is 0 Å². The van der Waals surface area contributed by atoms with Crippen molar-refractivity contribution >= 4 is 17.5 Å². The molecule has 146 valence electrons. The first-order valence-corrected chi connectivity index (χ1v) is 9.96. The van der Waals surface area contributed by atoms with E-state index in [0.29, 0.717) is 25.9 Å². The van der Waals surface area contributed by atoms with Crippen LogP contribution in [0.5, 0.6) is 0 Å². The third-order valence-electron chi connectivity index (χ3n) is 5.33. The fraction of sp³-hybridized carbons (Fsp3) is 0.200. The molecule has 3 aromatic carbocycles. The predicted molar refractivity (Wildman–Crippen MR) is 114 cm³/mol. The van der Waals surface area contributed by atoms with E-state index in [1.54, 1.807) is 9.80 Å². The second kappa shape index (κ2) is 8.74. The van der Waals surface area contributed by atoms with Crippen LogP contribution in [0, 0.1) is 0 Å². The Labute approximate surface area is 171 Å². The molecule has 4 rings (SSSR count). The zero-order valence-electron chi connectivity index (χ0n) is 16.3. The number of amides is 2. The van der Waals surface area contributed by atoms with E-state index < -0.39 is 6.04 Å². The van der Waals surface area contributed by atoms with E-state index in [0.717, 1.165) is 16.8 Å². The average molecular weight is 384 g/mol. The molecule has 1 atom stereocenters. The van der Waals surface area contributed by atoms with Crippen LogP contribution in [0.15, 0.2) is 91.0 Å². The molecule has 1 saturated heterocycles. The number of carbonyl (C=O) groups is 2. The molecule has 1 unspecified atom stereocenters. The van der Waals surface area contributed by atoms with E-state index in [4.69, 9.17) is 0 Å². The van der Waals surface area contributed by atoms with Crippen LogP contribution < -0.4 is 4.90 Å². The van der Waals surface area contributed by atoms with Gasteiger partial charge < -0.3 is 9.80 Å². The molecule has 1 heterocycles. The number of hydrogen-bond donors (Lipinski definition) is 0. The van der Waals surface area contributed by atoms with Crippen molar-refractivity contribution in [1.29, 1.82) is 0 Å². The van der Waals surface area contributed by atoms with E-state index in [2.05, 4.69) is 0 Å². The number of likely N-dealkylation sites (tertiary alicyclic amines) is 1. The van der Waals surface area contributed by atoms with Crippen LogP contribution in [0.4, 0.5) is 5.69 Å². The van der Waals surface area contributed by atoms with Crippen molar-refractivity contribution in [1.82, 2.24) is 4.90 Å². The first-order chi connectivity index (χ1) is 14.2. The number of rotatable bonds is 6. The summed E-state index contributed by atoms with van der Waals surface area (Å²) in [6.45, 7) is 0.942. The number of nitrogens with zero attached hydrogens (tertiary/aromatic N) is 2. The largest absolute Gasteiger partial charge is 0.326 e. The third kappa shape index (κ3) is 4.37. The quantitative estimate of drug-likeness (QED) is 0.632. The minimum atomic E-state index is -0.438. The molecule has 0 spiro atoms. The second-order valence-electron chi connectivity index (χ2n) is 7.31. The molecule has 2 amide bonds. The lowest BCUT2D eigenvalue weighted by Crippen LogP contribution is -2.46. The third-order valence-corrected chi connectivity index (χ3v) is 5.33. The lowest BCUT2D eigenvalue weighted by Gasteiger charge is -2.30. The number of para-hydroxylation sites is 1. The maximum absolute atomic E-state index is 13.6. The average Bonchev–Trinajstić information content (AvgIpc) is 3.14. The summed E-state index contributed by atoms with van der Waals surface area (Å²) in [7, 11) is 0. The van der Waals surface area contributed by atoms with E-state index in [1.807, 2.05) is 91.0 Å². The molecule has 4 heteroatoms. The summed E-state index contributed by atoms with van der Waals surface area (Å²) in [5.41, 5.74) is 2.94. The molecule has 0 N–H and O–H groups in total. The molecule has 1 aliphatic rings. The van der Waals surface area contributed by atoms with Gasteiger partial charge in [0.1, 0.15) is 6.04 Å². The summed E-state index contributed by atoms with van der Waals surface area (Å²) in [6.07, 6.45) is 0.972. The van der Waals surface area contributed by atoms with Crippen molar-refractivity contribution in [3.8, 4) is 0 Å². The van der Waals surface area contributed by atoms with Gasteiger partial charge in [0.2, 0.25) is 11.8 Å². The summed E-state index contributed by atoms with van der Waals surface area (Å²) < 4.78 is 0. The number of benzene rings is 3. The smallest absolute Gasteiger partial charge is 0.250 e. The van der Waals surface area contributed by atoms with Crippen LogP contribution in [0.25, 0.3) is 0 Å². The minimum absolute atomic E-state index is 0.0261. The molecular formula is C25H24N2O2. The van der Waals surface area contributed by atoms with Gasteiger partial charge in [-0.15, -0.1) is 0 Å². The molecule has 0 radical (unpaired) electrons. The van der Waals surface area contributed by atoms with Crippen LogP contribution in [-0.4, -0.2) is 22.8 Å². The lowest BCUT2D eigenvalue weighted by atomic mass is 10.1. The molecule has 3 aromatic rings. The molecule has 1 fully saturated rings. The zero-order chi connectivity index (χ0) is 20.1. The first kappa shape index (κ1) is 18.9. The Morgan fingerprint density at radius 1 is 0.828 bits per heavy atom. The summed E-state index contributed by atoms with van der Waals surface area (Å²) in [5.74, 6) is 0.0155. The van der Waals surface area contributed by atoms with Crippen molar-refractivity contribution < 1.29 is 9.59 Å². The maximum atomic E-state index is 13.6. The number of anilines is 1. The lowest BCUT2D eigenvalue weighted by molar-refractivity contribution is -0.134. The Morgan fingerprint density at radius 3 is 2.00 bits per heavy atom. The summed E-state index contributed by atoms with van der Waals surface area (Å²) >= 11 is 0. The second-order valence-corrected chi connectivity index (χ2v) is 7.31. The summed E-state index contributed by atoms with van der Waals surface area (Å²) in [4.78, 5) is 29.7. The van der Waals surface area contributed by atoms with Gasteiger partial charge in [-0.2, -0.15) is 0 Å². The van der Waals surface area contributed by atoms with Gasteiger partial charge >= 0.3 is 0 Å². The van der Waals surface area contributed by atoms with Crippen molar-refractivity contribution in [2.24, 2.45) is 0 Å². The van der Waals surface area contributed by atoms with Crippen molar-refractivity contribution in [2.45, 2.75) is 32.0 Å². The Bertz CT molecular complexity index is 958. The topological polar surface area (TPSA) is 40.6 Å². The van der Waals surface area contributed by atoms with Crippen LogP contribution in [-0.2, 0) is 22.7 Å². The van der Waals surface area contributed by atoms with E-state index >= 15 is 0 Å². The predicted octanol–water partition coefficient (Wildman–Crippen LogP) is 4.41. The first-order valence-electron chi connectivity index (χ1n) is 9.96. The van der Waals surface area contributed by atoms with Gasteiger partial charge in [-0.1, -0.05) is 78.9 Å². The van der Waals surface area contributed by atoms with E-state index in [9.17, 15) is 9.59 Å². The molecule has 1 aliphatic heterocycles. The van der Waals surface area contributed by atoms with Gasteiger partial charge in [-0.3, -0.25) is 9.59 Å². The van der Waals surface area contributed by atoms with Crippen LogP contribution >= 0.6 is 0 Å².